The van der Waals surface area contributed by atoms with Crippen LogP contribution < -0.4 is 5.32 Å². The van der Waals surface area contributed by atoms with E-state index >= 15 is 0 Å². The minimum atomic E-state index is 0.250. The number of benzene rings is 1. The predicted molar refractivity (Wildman–Crippen MR) is 57.4 cm³/mol. The van der Waals surface area contributed by atoms with Gasteiger partial charge in [0.25, 0.3) is 0 Å². The summed E-state index contributed by atoms with van der Waals surface area (Å²) in [7, 11) is 0. The van der Waals surface area contributed by atoms with E-state index in [2.05, 4.69) is 5.32 Å². The van der Waals surface area contributed by atoms with Gasteiger partial charge in [0.1, 0.15) is 0 Å². The molecule has 1 fully saturated rings. The fraction of sp³-hybridized carbons (Fsp3) is 0.455. The smallest absolute Gasteiger partial charge is 0.0477 e. The Morgan fingerprint density at radius 3 is 2.71 bits per heavy atom. The van der Waals surface area contributed by atoms with Crippen LogP contribution in [0.4, 0.5) is 0 Å². The molecule has 1 aliphatic heterocycles. The van der Waals surface area contributed by atoms with Gasteiger partial charge < -0.3 is 10.4 Å². The molecule has 2 nitrogen and oxygen atoms in total. The van der Waals surface area contributed by atoms with E-state index in [0.29, 0.717) is 5.92 Å². The summed E-state index contributed by atoms with van der Waals surface area (Å²) in [5.41, 5.74) is 1.21. The molecule has 76 valence electrons. The largest absolute Gasteiger partial charge is 0.396 e. The standard InChI is InChI=1S/C11H14ClNO/c12-10-3-1-8(2-4-10)11-9(7-14)5-6-13-11/h1-4,9,11,13-14H,5-7H2. The van der Waals surface area contributed by atoms with Gasteiger partial charge in [0.05, 0.1) is 0 Å². The minimum absolute atomic E-state index is 0.250. The number of rotatable bonds is 2. The number of hydrogen-bond donors (Lipinski definition) is 2. The van der Waals surface area contributed by atoms with E-state index in [1.807, 2.05) is 24.3 Å². The van der Waals surface area contributed by atoms with Gasteiger partial charge in [-0.2, -0.15) is 0 Å². The molecule has 0 spiro atoms. The van der Waals surface area contributed by atoms with Crippen LogP contribution in [0.2, 0.25) is 5.02 Å². The van der Waals surface area contributed by atoms with Crippen molar-refractivity contribution in [3.05, 3.63) is 34.9 Å². The number of aliphatic hydroxyl groups is 1. The summed E-state index contributed by atoms with van der Waals surface area (Å²) >= 11 is 5.82. The van der Waals surface area contributed by atoms with Crippen molar-refractivity contribution in [3.8, 4) is 0 Å². The molecule has 0 radical (unpaired) electrons. The molecule has 3 heteroatoms. The number of nitrogens with one attached hydrogen (secondary N) is 1. The second-order valence-corrected chi connectivity index (χ2v) is 4.15. The maximum Gasteiger partial charge on any atom is 0.0477 e. The van der Waals surface area contributed by atoms with E-state index in [-0.39, 0.29) is 12.6 Å². The zero-order chi connectivity index (χ0) is 9.97. The van der Waals surface area contributed by atoms with Crippen LogP contribution >= 0.6 is 11.6 Å². The van der Waals surface area contributed by atoms with E-state index < -0.39 is 0 Å². The van der Waals surface area contributed by atoms with Crippen molar-refractivity contribution in [2.75, 3.05) is 13.2 Å². The Balaban J connectivity index is 2.17. The maximum absolute atomic E-state index is 9.19. The normalized spacial score (nSPS) is 26.7. The molecule has 1 heterocycles. The van der Waals surface area contributed by atoms with Gasteiger partial charge in [0.15, 0.2) is 0 Å². The van der Waals surface area contributed by atoms with Gasteiger partial charge in [0.2, 0.25) is 0 Å². The van der Waals surface area contributed by atoms with Crippen molar-refractivity contribution in [2.45, 2.75) is 12.5 Å². The van der Waals surface area contributed by atoms with Crippen LogP contribution in [0.15, 0.2) is 24.3 Å². The lowest BCUT2D eigenvalue weighted by atomic mass is 9.95. The Morgan fingerprint density at radius 1 is 1.36 bits per heavy atom. The molecule has 2 atom stereocenters. The van der Waals surface area contributed by atoms with Crippen molar-refractivity contribution < 1.29 is 5.11 Å². The minimum Gasteiger partial charge on any atom is -0.396 e. The molecule has 1 aromatic rings. The first-order valence-corrected chi connectivity index (χ1v) is 5.29. The molecular formula is C11H14ClNO. The van der Waals surface area contributed by atoms with Crippen molar-refractivity contribution in [1.29, 1.82) is 0 Å². The van der Waals surface area contributed by atoms with Gasteiger partial charge in [-0.1, -0.05) is 23.7 Å². The number of halogens is 1. The zero-order valence-corrected chi connectivity index (χ0v) is 8.67. The summed E-state index contributed by atoms with van der Waals surface area (Å²) in [6.45, 7) is 1.23. The summed E-state index contributed by atoms with van der Waals surface area (Å²) in [5, 5.41) is 13.3. The maximum atomic E-state index is 9.19. The highest BCUT2D eigenvalue weighted by Gasteiger charge is 2.26. The molecule has 0 bridgehead atoms. The van der Waals surface area contributed by atoms with Gasteiger partial charge >= 0.3 is 0 Å². The van der Waals surface area contributed by atoms with Crippen molar-refractivity contribution in [2.24, 2.45) is 5.92 Å². The van der Waals surface area contributed by atoms with Crippen LogP contribution in [0.1, 0.15) is 18.0 Å². The Hall–Kier alpha value is -0.570. The lowest BCUT2D eigenvalue weighted by Crippen LogP contribution is -2.19. The molecular weight excluding hydrogens is 198 g/mol. The summed E-state index contributed by atoms with van der Waals surface area (Å²) in [6, 6.07) is 8.12. The molecule has 1 saturated heterocycles. The highest BCUT2D eigenvalue weighted by molar-refractivity contribution is 6.30. The summed E-state index contributed by atoms with van der Waals surface area (Å²) in [5.74, 6) is 0.344. The average Bonchev–Trinajstić information content (AvgIpc) is 2.67. The van der Waals surface area contributed by atoms with E-state index in [9.17, 15) is 5.11 Å². The Bertz CT molecular complexity index is 299. The highest BCUT2D eigenvalue weighted by atomic mass is 35.5. The topological polar surface area (TPSA) is 32.3 Å². The van der Waals surface area contributed by atoms with E-state index in [4.69, 9.17) is 11.6 Å². The molecule has 0 aliphatic carbocycles. The van der Waals surface area contributed by atoms with E-state index in [1.165, 1.54) is 5.56 Å². The van der Waals surface area contributed by atoms with E-state index in [0.717, 1.165) is 18.0 Å². The molecule has 1 aromatic carbocycles. The van der Waals surface area contributed by atoms with Crippen molar-refractivity contribution in [1.82, 2.24) is 5.32 Å². The second kappa shape index (κ2) is 4.30. The molecule has 2 unspecified atom stereocenters. The first-order chi connectivity index (χ1) is 6.81. The second-order valence-electron chi connectivity index (χ2n) is 3.71. The van der Waals surface area contributed by atoms with Gasteiger partial charge in [-0.05, 0) is 30.7 Å². The Labute approximate surface area is 88.9 Å². The van der Waals surface area contributed by atoms with Crippen molar-refractivity contribution in [3.63, 3.8) is 0 Å². The van der Waals surface area contributed by atoms with Crippen LogP contribution in [-0.4, -0.2) is 18.3 Å². The molecule has 0 aromatic heterocycles. The lowest BCUT2D eigenvalue weighted by Gasteiger charge is -2.17. The first-order valence-electron chi connectivity index (χ1n) is 4.91. The zero-order valence-electron chi connectivity index (χ0n) is 7.91. The fourth-order valence-electron chi connectivity index (χ4n) is 2.01. The molecule has 2 rings (SSSR count). The third-order valence-corrected chi connectivity index (χ3v) is 3.07. The quantitative estimate of drug-likeness (QED) is 0.784. The van der Waals surface area contributed by atoms with Gasteiger partial charge in [-0.25, -0.2) is 0 Å². The van der Waals surface area contributed by atoms with Gasteiger partial charge in [-0.15, -0.1) is 0 Å². The molecule has 1 aliphatic rings. The van der Waals surface area contributed by atoms with Crippen LogP contribution in [0.5, 0.6) is 0 Å². The number of aliphatic hydroxyl groups excluding tert-OH is 1. The fourth-order valence-corrected chi connectivity index (χ4v) is 2.14. The molecule has 0 amide bonds. The molecule has 2 N–H and O–H groups in total. The monoisotopic (exact) mass is 211 g/mol. The van der Waals surface area contributed by atoms with Crippen LogP contribution in [-0.2, 0) is 0 Å². The van der Waals surface area contributed by atoms with Crippen molar-refractivity contribution >= 4 is 11.6 Å². The van der Waals surface area contributed by atoms with Crippen LogP contribution in [0.25, 0.3) is 0 Å². The molecule has 0 saturated carbocycles. The SMILES string of the molecule is OCC1CCNC1c1ccc(Cl)cc1. The number of hydrogen-bond acceptors (Lipinski definition) is 2. The average molecular weight is 212 g/mol. The lowest BCUT2D eigenvalue weighted by molar-refractivity contribution is 0.214. The summed E-state index contributed by atoms with van der Waals surface area (Å²) in [6.07, 6.45) is 1.05. The summed E-state index contributed by atoms with van der Waals surface area (Å²) < 4.78 is 0. The predicted octanol–water partition coefficient (Wildman–Crippen LogP) is 1.98. The van der Waals surface area contributed by atoms with Gasteiger partial charge in [-0.3, -0.25) is 0 Å². The first kappa shape index (κ1) is 9.97. The third-order valence-electron chi connectivity index (χ3n) is 2.81. The highest BCUT2D eigenvalue weighted by Crippen LogP contribution is 2.29. The van der Waals surface area contributed by atoms with Crippen LogP contribution in [0.3, 0.4) is 0 Å². The van der Waals surface area contributed by atoms with E-state index in [1.54, 1.807) is 0 Å². The Morgan fingerprint density at radius 2 is 2.07 bits per heavy atom. The molecule has 14 heavy (non-hydrogen) atoms. The van der Waals surface area contributed by atoms with Gasteiger partial charge in [0, 0.05) is 23.6 Å². The third kappa shape index (κ3) is 1.92. The summed E-state index contributed by atoms with van der Waals surface area (Å²) in [4.78, 5) is 0. The Kier molecular flexibility index (Phi) is 3.06. The van der Waals surface area contributed by atoms with Crippen LogP contribution in [0, 0.1) is 5.92 Å².